The van der Waals surface area contributed by atoms with Crippen LogP contribution in [-0.4, -0.2) is 35.4 Å². The lowest BCUT2D eigenvalue weighted by molar-refractivity contribution is -0.0366. The zero-order valence-corrected chi connectivity index (χ0v) is 9.96. The van der Waals surface area contributed by atoms with Gasteiger partial charge in [-0.1, -0.05) is 0 Å². The van der Waals surface area contributed by atoms with Crippen molar-refractivity contribution >= 4 is 8.56 Å². The molecule has 0 aromatic heterocycles. The fourth-order valence-corrected chi connectivity index (χ4v) is 1.39. The summed E-state index contributed by atoms with van der Waals surface area (Å²) in [5, 5.41) is 0. The van der Waals surface area contributed by atoms with E-state index in [0.29, 0.717) is 26.8 Å². The predicted molar refractivity (Wildman–Crippen MR) is 52.6 cm³/mol. The lowest BCUT2D eigenvalue weighted by atomic mass is 10.9. The van der Waals surface area contributed by atoms with Crippen molar-refractivity contribution in [3.63, 3.8) is 0 Å². The maximum absolute atomic E-state index is 5.43. The van der Waals surface area contributed by atoms with Gasteiger partial charge in [-0.05, 0) is 26.9 Å². The van der Waals surface area contributed by atoms with Gasteiger partial charge in [0.05, 0.1) is 0 Å². The normalized spacial score (nSPS) is 12.0. The van der Waals surface area contributed by atoms with Gasteiger partial charge < -0.3 is 18.3 Å². The second-order valence-corrected chi connectivity index (χ2v) is 6.29. The standard InChI is InChI=1S/C8H20O4Si/c1-5-9-7-11-13(3,4)12-8-10-6-2/h5-8H2,1-4H3. The molecule has 0 bridgehead atoms. The highest BCUT2D eigenvalue weighted by Crippen LogP contribution is 2.05. The Bertz CT molecular complexity index is 107. The van der Waals surface area contributed by atoms with Crippen molar-refractivity contribution in [2.75, 3.05) is 26.8 Å². The number of hydrogen-bond acceptors (Lipinski definition) is 4. The van der Waals surface area contributed by atoms with Crippen molar-refractivity contribution in [1.82, 2.24) is 0 Å². The molecule has 0 aliphatic carbocycles. The van der Waals surface area contributed by atoms with Gasteiger partial charge in [-0.15, -0.1) is 0 Å². The molecule has 0 N–H and O–H groups in total. The Morgan fingerprint density at radius 3 is 1.54 bits per heavy atom. The molecule has 13 heavy (non-hydrogen) atoms. The Morgan fingerprint density at radius 2 is 1.23 bits per heavy atom. The first-order chi connectivity index (χ1) is 6.12. The number of ether oxygens (including phenoxy) is 2. The molecule has 5 heteroatoms. The van der Waals surface area contributed by atoms with E-state index in [-0.39, 0.29) is 0 Å². The molecule has 0 saturated heterocycles. The van der Waals surface area contributed by atoms with Gasteiger partial charge in [0.1, 0.15) is 13.6 Å². The van der Waals surface area contributed by atoms with E-state index >= 15 is 0 Å². The van der Waals surface area contributed by atoms with Gasteiger partial charge in [-0.25, -0.2) is 0 Å². The molecule has 0 rings (SSSR count). The second-order valence-electron chi connectivity index (χ2n) is 2.91. The molecule has 0 aliphatic heterocycles. The Labute approximate surface area is 81.4 Å². The van der Waals surface area contributed by atoms with Crippen molar-refractivity contribution in [2.45, 2.75) is 26.9 Å². The van der Waals surface area contributed by atoms with Gasteiger partial charge in [0.2, 0.25) is 0 Å². The van der Waals surface area contributed by atoms with Crippen LogP contribution in [0, 0.1) is 0 Å². The van der Waals surface area contributed by atoms with Crippen LogP contribution >= 0.6 is 0 Å². The van der Waals surface area contributed by atoms with Crippen molar-refractivity contribution in [3.05, 3.63) is 0 Å². The van der Waals surface area contributed by atoms with Gasteiger partial charge in [-0.3, -0.25) is 0 Å². The van der Waals surface area contributed by atoms with Crippen LogP contribution in [0.2, 0.25) is 13.1 Å². The highest BCUT2D eigenvalue weighted by Gasteiger charge is 2.24. The third kappa shape index (κ3) is 8.39. The summed E-state index contributed by atoms with van der Waals surface area (Å²) in [6.45, 7) is 9.73. The number of hydrogen-bond donors (Lipinski definition) is 0. The van der Waals surface area contributed by atoms with Gasteiger partial charge in [0.25, 0.3) is 0 Å². The third-order valence-electron chi connectivity index (χ3n) is 1.39. The van der Waals surface area contributed by atoms with Crippen LogP contribution in [0.4, 0.5) is 0 Å². The molecule has 0 heterocycles. The summed E-state index contributed by atoms with van der Waals surface area (Å²) >= 11 is 0. The summed E-state index contributed by atoms with van der Waals surface area (Å²) in [4.78, 5) is 0. The van der Waals surface area contributed by atoms with Gasteiger partial charge >= 0.3 is 8.56 Å². The SMILES string of the molecule is CCOCO[Si](C)(C)OCOCC. The molecular weight excluding hydrogens is 188 g/mol. The zero-order chi connectivity index (χ0) is 10.2. The maximum atomic E-state index is 5.43. The first kappa shape index (κ1) is 13.1. The van der Waals surface area contributed by atoms with Gasteiger partial charge in [-0.2, -0.15) is 0 Å². The largest absolute Gasteiger partial charge is 0.370 e. The van der Waals surface area contributed by atoms with Crippen molar-refractivity contribution in [2.24, 2.45) is 0 Å². The minimum Gasteiger partial charge on any atom is -0.370 e. The van der Waals surface area contributed by atoms with Crippen LogP contribution < -0.4 is 0 Å². The summed E-state index contributed by atoms with van der Waals surface area (Å²) in [5.41, 5.74) is 0. The molecule has 4 nitrogen and oxygen atoms in total. The van der Waals surface area contributed by atoms with Crippen molar-refractivity contribution in [3.8, 4) is 0 Å². The Balaban J connectivity index is 3.42. The predicted octanol–water partition coefficient (Wildman–Crippen LogP) is 1.71. The molecule has 0 spiro atoms. The van der Waals surface area contributed by atoms with E-state index in [9.17, 15) is 0 Å². The molecule has 0 atom stereocenters. The lowest BCUT2D eigenvalue weighted by Crippen LogP contribution is -2.36. The summed E-state index contributed by atoms with van der Waals surface area (Å²) in [6, 6.07) is 0. The highest BCUT2D eigenvalue weighted by atomic mass is 28.4. The molecule has 0 saturated carbocycles. The average Bonchev–Trinajstić information content (AvgIpc) is 2.05. The highest BCUT2D eigenvalue weighted by molar-refractivity contribution is 6.64. The van der Waals surface area contributed by atoms with E-state index in [1.54, 1.807) is 0 Å². The first-order valence-corrected chi connectivity index (χ1v) is 7.37. The minimum atomic E-state index is -2.03. The van der Waals surface area contributed by atoms with Crippen LogP contribution in [0.1, 0.15) is 13.8 Å². The van der Waals surface area contributed by atoms with Crippen LogP contribution in [0.3, 0.4) is 0 Å². The Hall–Kier alpha value is 0.0569. The maximum Gasteiger partial charge on any atom is 0.335 e. The average molecular weight is 208 g/mol. The van der Waals surface area contributed by atoms with Crippen LogP contribution in [0.15, 0.2) is 0 Å². The van der Waals surface area contributed by atoms with Crippen molar-refractivity contribution in [1.29, 1.82) is 0 Å². The first-order valence-electron chi connectivity index (χ1n) is 4.55. The molecule has 0 fully saturated rings. The molecule has 0 aromatic rings. The molecule has 0 amide bonds. The molecule has 0 unspecified atom stereocenters. The third-order valence-corrected chi connectivity index (χ3v) is 3.01. The summed E-state index contributed by atoms with van der Waals surface area (Å²) < 4.78 is 21.0. The summed E-state index contributed by atoms with van der Waals surface area (Å²) in [6.07, 6.45) is 0. The molecule has 0 aromatic carbocycles. The Morgan fingerprint density at radius 1 is 0.846 bits per heavy atom. The fraction of sp³-hybridized carbons (Fsp3) is 1.00. The quantitative estimate of drug-likeness (QED) is 0.346. The Kier molecular flexibility index (Phi) is 7.49. The lowest BCUT2D eigenvalue weighted by Gasteiger charge is -2.22. The van der Waals surface area contributed by atoms with E-state index in [4.69, 9.17) is 18.3 Å². The number of rotatable bonds is 8. The summed E-state index contributed by atoms with van der Waals surface area (Å²) in [5.74, 6) is 0. The van der Waals surface area contributed by atoms with E-state index in [1.807, 2.05) is 26.9 Å². The van der Waals surface area contributed by atoms with Crippen LogP contribution in [-0.2, 0) is 18.3 Å². The molecule has 80 valence electrons. The van der Waals surface area contributed by atoms with E-state index < -0.39 is 8.56 Å². The fourth-order valence-electron chi connectivity index (χ4n) is 0.575. The van der Waals surface area contributed by atoms with E-state index in [1.165, 1.54) is 0 Å². The van der Waals surface area contributed by atoms with E-state index in [2.05, 4.69) is 0 Å². The monoisotopic (exact) mass is 208 g/mol. The topological polar surface area (TPSA) is 36.9 Å². The van der Waals surface area contributed by atoms with Crippen LogP contribution in [0.5, 0.6) is 0 Å². The molecular formula is C8H20O4Si. The van der Waals surface area contributed by atoms with Gasteiger partial charge in [0, 0.05) is 13.2 Å². The minimum absolute atomic E-state index is 0.307. The van der Waals surface area contributed by atoms with Crippen LogP contribution in [0.25, 0.3) is 0 Å². The molecule has 0 aliphatic rings. The van der Waals surface area contributed by atoms with Gasteiger partial charge in [0.15, 0.2) is 0 Å². The molecule has 0 radical (unpaired) electrons. The van der Waals surface area contributed by atoms with Crippen molar-refractivity contribution < 1.29 is 18.3 Å². The van der Waals surface area contributed by atoms with E-state index in [0.717, 1.165) is 0 Å². The zero-order valence-electron chi connectivity index (χ0n) is 8.96. The smallest absolute Gasteiger partial charge is 0.335 e. The second kappa shape index (κ2) is 7.46. The summed E-state index contributed by atoms with van der Waals surface area (Å²) in [7, 11) is -2.03.